The zero-order valence-electron chi connectivity index (χ0n) is 12.8. The number of rotatable bonds is 3. The van der Waals surface area contributed by atoms with Gasteiger partial charge >= 0.3 is 0 Å². The molecule has 1 fully saturated rings. The molecule has 1 saturated heterocycles. The SMILES string of the molecule is O=C(Nc1ccccc1Cl)c1ccnc(N2CCCCCC2)n1. The molecule has 0 aliphatic carbocycles. The highest BCUT2D eigenvalue weighted by atomic mass is 35.5. The van der Waals surface area contributed by atoms with Crippen molar-refractivity contribution in [3.63, 3.8) is 0 Å². The van der Waals surface area contributed by atoms with Gasteiger partial charge in [0.1, 0.15) is 5.69 Å². The van der Waals surface area contributed by atoms with Gasteiger partial charge in [-0.3, -0.25) is 4.79 Å². The molecule has 1 aliphatic rings. The van der Waals surface area contributed by atoms with Crippen molar-refractivity contribution in [2.75, 3.05) is 23.3 Å². The second kappa shape index (κ2) is 7.42. The first-order chi connectivity index (χ1) is 11.2. The second-order valence-corrected chi connectivity index (χ2v) is 5.98. The largest absolute Gasteiger partial charge is 0.341 e. The summed E-state index contributed by atoms with van der Waals surface area (Å²) in [6.45, 7) is 1.88. The van der Waals surface area contributed by atoms with E-state index >= 15 is 0 Å². The lowest BCUT2D eigenvalue weighted by Gasteiger charge is -2.20. The lowest BCUT2D eigenvalue weighted by Crippen LogP contribution is -2.27. The number of halogens is 1. The molecular formula is C17H19ClN4O. The minimum atomic E-state index is -0.281. The topological polar surface area (TPSA) is 58.1 Å². The van der Waals surface area contributed by atoms with Gasteiger partial charge in [0, 0.05) is 19.3 Å². The van der Waals surface area contributed by atoms with Crippen LogP contribution in [0.2, 0.25) is 5.02 Å². The van der Waals surface area contributed by atoms with E-state index in [2.05, 4.69) is 20.2 Å². The van der Waals surface area contributed by atoms with E-state index in [9.17, 15) is 4.79 Å². The van der Waals surface area contributed by atoms with Crippen LogP contribution < -0.4 is 10.2 Å². The predicted molar refractivity (Wildman–Crippen MR) is 92.1 cm³/mol. The number of carbonyl (C=O) groups excluding carboxylic acids is 1. The van der Waals surface area contributed by atoms with Gasteiger partial charge < -0.3 is 10.2 Å². The molecule has 1 aliphatic heterocycles. The van der Waals surface area contributed by atoms with Gasteiger partial charge in [-0.1, -0.05) is 36.6 Å². The number of hydrogen-bond donors (Lipinski definition) is 1. The van der Waals surface area contributed by atoms with E-state index in [1.165, 1.54) is 12.8 Å². The number of anilines is 2. The molecular weight excluding hydrogens is 312 g/mol. The van der Waals surface area contributed by atoms with E-state index in [1.54, 1.807) is 24.4 Å². The molecule has 5 nitrogen and oxygen atoms in total. The molecule has 1 amide bonds. The van der Waals surface area contributed by atoms with Crippen molar-refractivity contribution in [2.24, 2.45) is 0 Å². The maximum absolute atomic E-state index is 12.4. The highest BCUT2D eigenvalue weighted by Crippen LogP contribution is 2.21. The van der Waals surface area contributed by atoms with Crippen molar-refractivity contribution in [2.45, 2.75) is 25.7 Å². The van der Waals surface area contributed by atoms with E-state index in [0.29, 0.717) is 22.4 Å². The van der Waals surface area contributed by atoms with Gasteiger partial charge in [-0.05, 0) is 31.0 Å². The lowest BCUT2D eigenvalue weighted by atomic mass is 10.2. The third kappa shape index (κ3) is 3.99. The van der Waals surface area contributed by atoms with Crippen LogP contribution in [0.4, 0.5) is 11.6 Å². The van der Waals surface area contributed by atoms with Crippen molar-refractivity contribution >= 4 is 29.1 Å². The fourth-order valence-corrected chi connectivity index (χ4v) is 2.83. The van der Waals surface area contributed by atoms with Crippen LogP contribution in [0.3, 0.4) is 0 Å². The normalized spacial score (nSPS) is 15.1. The van der Waals surface area contributed by atoms with Gasteiger partial charge in [0.05, 0.1) is 10.7 Å². The molecule has 23 heavy (non-hydrogen) atoms. The van der Waals surface area contributed by atoms with E-state index < -0.39 is 0 Å². The first-order valence-corrected chi connectivity index (χ1v) is 8.26. The lowest BCUT2D eigenvalue weighted by molar-refractivity contribution is 0.102. The Hall–Kier alpha value is -2.14. The molecule has 0 spiro atoms. The maximum Gasteiger partial charge on any atom is 0.274 e. The number of para-hydroxylation sites is 1. The average Bonchev–Trinajstić information content (AvgIpc) is 2.86. The molecule has 120 valence electrons. The van der Waals surface area contributed by atoms with Crippen molar-refractivity contribution in [3.05, 3.63) is 47.2 Å². The number of aromatic nitrogens is 2. The second-order valence-electron chi connectivity index (χ2n) is 5.58. The van der Waals surface area contributed by atoms with Crippen LogP contribution in [-0.4, -0.2) is 29.0 Å². The maximum atomic E-state index is 12.4. The molecule has 0 atom stereocenters. The molecule has 1 aromatic carbocycles. The van der Waals surface area contributed by atoms with Crippen molar-refractivity contribution < 1.29 is 4.79 Å². The number of nitrogens with one attached hydrogen (secondary N) is 1. The molecule has 0 saturated carbocycles. The van der Waals surface area contributed by atoms with Crippen LogP contribution in [-0.2, 0) is 0 Å². The summed E-state index contributed by atoms with van der Waals surface area (Å²) >= 11 is 6.07. The first-order valence-electron chi connectivity index (χ1n) is 7.88. The van der Waals surface area contributed by atoms with Gasteiger partial charge in [-0.25, -0.2) is 9.97 Å². The number of benzene rings is 1. The minimum absolute atomic E-state index is 0.281. The quantitative estimate of drug-likeness (QED) is 0.930. The monoisotopic (exact) mass is 330 g/mol. The third-order valence-electron chi connectivity index (χ3n) is 3.89. The van der Waals surface area contributed by atoms with Gasteiger partial charge in [0.2, 0.25) is 5.95 Å². The summed E-state index contributed by atoms with van der Waals surface area (Å²) in [6, 6.07) is 8.76. The molecule has 1 aromatic heterocycles. The Morgan fingerprint density at radius 3 is 2.57 bits per heavy atom. The predicted octanol–water partition coefficient (Wildman–Crippen LogP) is 3.76. The summed E-state index contributed by atoms with van der Waals surface area (Å²) in [6.07, 6.45) is 6.39. The summed E-state index contributed by atoms with van der Waals surface area (Å²) in [7, 11) is 0. The molecule has 0 unspecified atom stereocenters. The Kier molecular flexibility index (Phi) is 5.08. The Balaban J connectivity index is 1.76. The summed E-state index contributed by atoms with van der Waals surface area (Å²) < 4.78 is 0. The van der Waals surface area contributed by atoms with E-state index in [4.69, 9.17) is 11.6 Å². The number of nitrogens with zero attached hydrogens (tertiary/aromatic N) is 3. The van der Waals surface area contributed by atoms with E-state index in [-0.39, 0.29) is 5.91 Å². The first kappa shape index (κ1) is 15.7. The molecule has 2 heterocycles. The Labute approximate surface area is 140 Å². The van der Waals surface area contributed by atoms with Crippen LogP contribution in [0.15, 0.2) is 36.5 Å². The van der Waals surface area contributed by atoms with Crippen LogP contribution in [0.1, 0.15) is 36.2 Å². The van der Waals surface area contributed by atoms with Crippen LogP contribution in [0.25, 0.3) is 0 Å². The van der Waals surface area contributed by atoms with Gasteiger partial charge in [-0.2, -0.15) is 0 Å². The zero-order valence-corrected chi connectivity index (χ0v) is 13.6. The Morgan fingerprint density at radius 1 is 1.09 bits per heavy atom. The number of hydrogen-bond acceptors (Lipinski definition) is 4. The molecule has 1 N–H and O–H groups in total. The smallest absolute Gasteiger partial charge is 0.274 e. The third-order valence-corrected chi connectivity index (χ3v) is 4.22. The van der Waals surface area contributed by atoms with Crippen molar-refractivity contribution in [1.82, 2.24) is 9.97 Å². The standard InChI is InChI=1S/C17H19ClN4O/c18-13-7-3-4-8-14(13)20-16(23)15-9-10-19-17(21-15)22-11-5-1-2-6-12-22/h3-4,7-10H,1-2,5-6,11-12H2,(H,20,23). The van der Waals surface area contributed by atoms with Crippen LogP contribution in [0.5, 0.6) is 0 Å². The average molecular weight is 331 g/mol. The molecule has 3 rings (SSSR count). The summed E-state index contributed by atoms with van der Waals surface area (Å²) in [5.41, 5.74) is 0.924. The van der Waals surface area contributed by atoms with Crippen molar-refractivity contribution in [3.8, 4) is 0 Å². The highest BCUT2D eigenvalue weighted by Gasteiger charge is 2.15. The van der Waals surface area contributed by atoms with Gasteiger partial charge in [0.15, 0.2) is 0 Å². The molecule has 2 aromatic rings. The van der Waals surface area contributed by atoms with Gasteiger partial charge in [0.25, 0.3) is 5.91 Å². The highest BCUT2D eigenvalue weighted by molar-refractivity contribution is 6.33. The summed E-state index contributed by atoms with van der Waals surface area (Å²) in [5.74, 6) is 0.343. The Bertz CT molecular complexity index is 684. The number of amides is 1. The zero-order chi connectivity index (χ0) is 16.1. The van der Waals surface area contributed by atoms with Gasteiger partial charge in [-0.15, -0.1) is 0 Å². The fourth-order valence-electron chi connectivity index (χ4n) is 2.65. The molecule has 0 bridgehead atoms. The van der Waals surface area contributed by atoms with Crippen molar-refractivity contribution in [1.29, 1.82) is 0 Å². The van der Waals surface area contributed by atoms with E-state index in [1.807, 2.05) is 12.1 Å². The molecule has 6 heteroatoms. The summed E-state index contributed by atoms with van der Waals surface area (Å²) in [4.78, 5) is 23.3. The van der Waals surface area contributed by atoms with Crippen LogP contribution in [0, 0.1) is 0 Å². The molecule has 0 radical (unpaired) electrons. The van der Waals surface area contributed by atoms with Crippen LogP contribution >= 0.6 is 11.6 Å². The number of carbonyl (C=O) groups is 1. The fraction of sp³-hybridized carbons (Fsp3) is 0.353. The summed E-state index contributed by atoms with van der Waals surface area (Å²) in [5, 5.41) is 3.29. The minimum Gasteiger partial charge on any atom is -0.341 e. The Morgan fingerprint density at radius 2 is 1.83 bits per heavy atom. The van der Waals surface area contributed by atoms with E-state index in [0.717, 1.165) is 25.9 Å².